The molecule has 0 fully saturated rings. The van der Waals surface area contributed by atoms with Crippen LogP contribution in [0.25, 0.3) is 11.1 Å². The fraction of sp³-hybridized carbons (Fsp3) is 0.238. The van der Waals surface area contributed by atoms with Gasteiger partial charge in [-0.3, -0.25) is 14.9 Å². The lowest BCUT2D eigenvalue weighted by molar-refractivity contribution is -0.385. The monoisotopic (exact) mass is 463 g/mol. The Morgan fingerprint density at radius 3 is 2.71 bits per heavy atom. The number of aryl methyl sites for hydroxylation is 2. The van der Waals surface area contributed by atoms with Crippen LogP contribution < -0.4 is 10.3 Å². The fourth-order valence-corrected chi connectivity index (χ4v) is 3.43. The van der Waals surface area contributed by atoms with Crippen LogP contribution in [0, 0.1) is 10.1 Å². The summed E-state index contributed by atoms with van der Waals surface area (Å²) in [7, 11) is 1.56. The maximum absolute atomic E-state index is 12.1. The SMILES string of the molecule is Cn1cc(-c2cc([N+](=O)[O-])cnc2Cl)c(OCCCCc2cc(O)ccc2Cl)cc1=O. The molecule has 0 atom stereocenters. The Hall–Kier alpha value is -3.10. The van der Waals surface area contributed by atoms with Crippen molar-refractivity contribution in [1.82, 2.24) is 9.55 Å². The van der Waals surface area contributed by atoms with E-state index in [-0.39, 0.29) is 27.9 Å². The fourth-order valence-electron chi connectivity index (χ4n) is 3.01. The zero-order valence-corrected chi connectivity index (χ0v) is 18.1. The van der Waals surface area contributed by atoms with Crippen LogP contribution in [0.5, 0.6) is 11.5 Å². The van der Waals surface area contributed by atoms with Crippen LogP contribution in [0.4, 0.5) is 5.69 Å². The van der Waals surface area contributed by atoms with Crippen molar-refractivity contribution < 1.29 is 14.8 Å². The largest absolute Gasteiger partial charge is 0.508 e. The van der Waals surface area contributed by atoms with Gasteiger partial charge in [0.25, 0.3) is 11.2 Å². The summed E-state index contributed by atoms with van der Waals surface area (Å²) >= 11 is 12.3. The molecule has 2 heterocycles. The molecular formula is C21H19Cl2N3O5. The van der Waals surface area contributed by atoms with Gasteiger partial charge >= 0.3 is 0 Å². The third kappa shape index (κ3) is 5.53. The first-order chi connectivity index (χ1) is 14.8. The number of pyridine rings is 2. The number of phenolic OH excluding ortho intramolecular Hbond substituents is 1. The molecule has 0 amide bonds. The Bertz CT molecular complexity index is 1180. The van der Waals surface area contributed by atoms with Crippen LogP contribution in [-0.4, -0.2) is 26.2 Å². The van der Waals surface area contributed by atoms with E-state index in [1.165, 1.54) is 29.0 Å². The lowest BCUT2D eigenvalue weighted by Gasteiger charge is -2.14. The minimum absolute atomic E-state index is 0.0626. The highest BCUT2D eigenvalue weighted by Crippen LogP contribution is 2.35. The van der Waals surface area contributed by atoms with Crippen LogP contribution in [0.1, 0.15) is 18.4 Å². The van der Waals surface area contributed by atoms with Crippen molar-refractivity contribution in [3.63, 3.8) is 0 Å². The zero-order valence-electron chi connectivity index (χ0n) is 16.5. The molecule has 8 nitrogen and oxygen atoms in total. The van der Waals surface area contributed by atoms with Crippen molar-refractivity contribution in [2.24, 2.45) is 7.05 Å². The average molecular weight is 464 g/mol. The Morgan fingerprint density at radius 1 is 1.19 bits per heavy atom. The third-order valence-electron chi connectivity index (χ3n) is 4.64. The molecule has 0 aliphatic carbocycles. The van der Waals surface area contributed by atoms with E-state index in [1.807, 2.05) is 0 Å². The number of rotatable bonds is 8. The van der Waals surface area contributed by atoms with Crippen molar-refractivity contribution in [2.45, 2.75) is 19.3 Å². The quantitative estimate of drug-likeness (QED) is 0.223. The van der Waals surface area contributed by atoms with Gasteiger partial charge < -0.3 is 14.4 Å². The molecule has 0 saturated heterocycles. The molecule has 0 aliphatic heterocycles. The summed E-state index contributed by atoms with van der Waals surface area (Å²) in [5.41, 5.74) is 1.06. The van der Waals surface area contributed by atoms with E-state index < -0.39 is 4.92 Å². The molecule has 0 bridgehead atoms. The normalized spacial score (nSPS) is 10.8. The number of aromatic nitrogens is 2. The first-order valence-electron chi connectivity index (χ1n) is 9.37. The van der Waals surface area contributed by atoms with Gasteiger partial charge in [-0.1, -0.05) is 23.2 Å². The molecule has 1 N–H and O–H groups in total. The predicted molar refractivity (Wildman–Crippen MR) is 118 cm³/mol. The predicted octanol–water partition coefficient (Wildman–Crippen LogP) is 4.77. The standard InChI is InChI=1S/C21H19Cl2N3O5/c1-25-12-17(16-9-14(26(29)30)11-24-21(16)23)19(10-20(25)28)31-7-3-2-4-13-8-15(27)5-6-18(13)22/h5-6,8-12,27H,2-4,7H2,1H3. The Labute approximate surface area is 187 Å². The van der Waals surface area contributed by atoms with Crippen molar-refractivity contribution in [1.29, 1.82) is 0 Å². The number of unbranched alkanes of at least 4 members (excludes halogenated alkanes) is 1. The summed E-state index contributed by atoms with van der Waals surface area (Å²) in [6.45, 7) is 0.302. The second-order valence-electron chi connectivity index (χ2n) is 6.87. The number of ether oxygens (including phenoxy) is 1. The molecule has 1 aromatic carbocycles. The first-order valence-corrected chi connectivity index (χ1v) is 10.1. The van der Waals surface area contributed by atoms with E-state index in [9.17, 15) is 20.0 Å². The van der Waals surface area contributed by atoms with Crippen molar-refractivity contribution in [3.05, 3.63) is 78.9 Å². The molecule has 0 unspecified atom stereocenters. The van der Waals surface area contributed by atoms with Gasteiger partial charge in [-0.05, 0) is 43.0 Å². The molecule has 0 saturated carbocycles. The van der Waals surface area contributed by atoms with Crippen molar-refractivity contribution >= 4 is 28.9 Å². The Morgan fingerprint density at radius 2 is 1.97 bits per heavy atom. The number of nitrogens with zero attached hydrogens (tertiary/aromatic N) is 3. The van der Waals surface area contributed by atoms with Crippen LogP contribution in [0.2, 0.25) is 10.2 Å². The lowest BCUT2D eigenvalue weighted by Crippen LogP contribution is -2.16. The van der Waals surface area contributed by atoms with E-state index in [2.05, 4.69) is 4.98 Å². The summed E-state index contributed by atoms with van der Waals surface area (Å²) in [6, 6.07) is 7.41. The second-order valence-corrected chi connectivity index (χ2v) is 7.64. The smallest absolute Gasteiger partial charge is 0.288 e. The molecule has 3 rings (SSSR count). The molecule has 3 aromatic rings. The molecule has 31 heavy (non-hydrogen) atoms. The van der Waals surface area contributed by atoms with Gasteiger partial charge in [-0.25, -0.2) is 4.98 Å². The van der Waals surface area contributed by atoms with Gasteiger partial charge in [0.15, 0.2) is 0 Å². The van der Waals surface area contributed by atoms with Gasteiger partial charge in [0.2, 0.25) is 0 Å². The number of hydrogen-bond donors (Lipinski definition) is 1. The minimum Gasteiger partial charge on any atom is -0.508 e. The summed E-state index contributed by atoms with van der Waals surface area (Å²) < 4.78 is 7.16. The van der Waals surface area contributed by atoms with Gasteiger partial charge in [0.1, 0.15) is 22.8 Å². The van der Waals surface area contributed by atoms with Crippen LogP contribution in [0.3, 0.4) is 0 Å². The maximum atomic E-state index is 12.1. The van der Waals surface area contributed by atoms with Crippen LogP contribution in [0.15, 0.2) is 47.5 Å². The number of benzene rings is 1. The average Bonchev–Trinajstić information content (AvgIpc) is 2.72. The van der Waals surface area contributed by atoms with Crippen LogP contribution >= 0.6 is 23.2 Å². The Kier molecular flexibility index (Phi) is 7.14. The molecule has 0 aliphatic rings. The summed E-state index contributed by atoms with van der Waals surface area (Å²) in [5.74, 6) is 0.422. The summed E-state index contributed by atoms with van der Waals surface area (Å²) in [5, 5.41) is 21.3. The number of halogens is 2. The lowest BCUT2D eigenvalue weighted by atomic mass is 10.1. The molecule has 0 radical (unpaired) electrons. The summed E-state index contributed by atoms with van der Waals surface area (Å²) in [4.78, 5) is 26.5. The van der Waals surface area contributed by atoms with E-state index in [4.69, 9.17) is 27.9 Å². The first kappa shape index (κ1) is 22.6. The molecule has 162 valence electrons. The molecular weight excluding hydrogens is 445 g/mol. The number of aromatic hydroxyl groups is 1. The molecule has 0 spiro atoms. The third-order valence-corrected chi connectivity index (χ3v) is 5.31. The van der Waals surface area contributed by atoms with E-state index >= 15 is 0 Å². The van der Waals surface area contributed by atoms with Gasteiger partial charge in [-0.15, -0.1) is 0 Å². The minimum atomic E-state index is -0.568. The topological polar surface area (TPSA) is 107 Å². The van der Waals surface area contributed by atoms with E-state index in [0.717, 1.165) is 18.2 Å². The number of phenols is 1. The van der Waals surface area contributed by atoms with Gasteiger partial charge in [-0.2, -0.15) is 0 Å². The molecule has 2 aromatic heterocycles. The van der Waals surface area contributed by atoms with Crippen LogP contribution in [-0.2, 0) is 13.5 Å². The zero-order chi connectivity index (χ0) is 22.5. The highest BCUT2D eigenvalue weighted by molar-refractivity contribution is 6.32. The van der Waals surface area contributed by atoms with Gasteiger partial charge in [0, 0.05) is 41.5 Å². The number of nitro groups is 1. The van der Waals surface area contributed by atoms with Crippen molar-refractivity contribution in [2.75, 3.05) is 6.61 Å². The maximum Gasteiger partial charge on any atom is 0.288 e. The summed E-state index contributed by atoms with van der Waals surface area (Å²) in [6.07, 6.45) is 4.63. The van der Waals surface area contributed by atoms with E-state index in [1.54, 1.807) is 19.2 Å². The van der Waals surface area contributed by atoms with Gasteiger partial charge in [0.05, 0.1) is 11.5 Å². The molecule has 10 heteroatoms. The van der Waals surface area contributed by atoms with Crippen molar-refractivity contribution in [3.8, 4) is 22.6 Å². The Balaban J connectivity index is 1.75. The van der Waals surface area contributed by atoms with E-state index in [0.29, 0.717) is 35.6 Å². The second kappa shape index (κ2) is 9.80. The highest BCUT2D eigenvalue weighted by Gasteiger charge is 2.17. The highest BCUT2D eigenvalue weighted by atomic mass is 35.5. The number of hydrogen-bond acceptors (Lipinski definition) is 6.